The Morgan fingerprint density at radius 3 is 2.75 bits per heavy atom. The van der Waals surface area contributed by atoms with Gasteiger partial charge in [0.1, 0.15) is 5.76 Å². The summed E-state index contributed by atoms with van der Waals surface area (Å²) in [6.45, 7) is 4.19. The van der Waals surface area contributed by atoms with E-state index >= 15 is 0 Å². The van der Waals surface area contributed by atoms with E-state index in [1.807, 2.05) is 13.8 Å². The summed E-state index contributed by atoms with van der Waals surface area (Å²) in [6, 6.07) is 0. The summed E-state index contributed by atoms with van der Waals surface area (Å²) in [7, 11) is 0. The molecule has 5 nitrogen and oxygen atoms in total. The summed E-state index contributed by atoms with van der Waals surface area (Å²) >= 11 is 0. The maximum absolute atomic E-state index is 11.7. The van der Waals surface area contributed by atoms with Crippen LogP contribution >= 0.6 is 0 Å². The van der Waals surface area contributed by atoms with Gasteiger partial charge in [0.2, 0.25) is 0 Å². The summed E-state index contributed by atoms with van der Waals surface area (Å²) < 4.78 is 0. The molecule has 1 aliphatic carbocycles. The Morgan fingerprint density at radius 2 is 2.19 bits per heavy atom. The van der Waals surface area contributed by atoms with Crippen LogP contribution in [-0.2, 0) is 4.79 Å². The average Bonchev–Trinajstić information content (AvgIpc) is 2.13. The van der Waals surface area contributed by atoms with E-state index in [1.165, 1.54) is 6.21 Å². The van der Waals surface area contributed by atoms with Gasteiger partial charge in [0.15, 0.2) is 5.78 Å². The lowest BCUT2D eigenvalue weighted by Gasteiger charge is -2.28. The van der Waals surface area contributed by atoms with Crippen molar-refractivity contribution < 1.29 is 15.0 Å². The Bertz CT molecular complexity index is 332. The molecule has 0 fully saturated rings. The van der Waals surface area contributed by atoms with E-state index in [0.29, 0.717) is 19.4 Å². The van der Waals surface area contributed by atoms with Crippen molar-refractivity contribution in [2.75, 3.05) is 13.2 Å². The van der Waals surface area contributed by atoms with Crippen LogP contribution in [0.2, 0.25) is 0 Å². The van der Waals surface area contributed by atoms with Crippen LogP contribution in [0.4, 0.5) is 0 Å². The van der Waals surface area contributed by atoms with Crippen LogP contribution in [0.5, 0.6) is 0 Å². The minimum atomic E-state index is -0.183. The summed E-state index contributed by atoms with van der Waals surface area (Å²) in [5.74, 6) is -0.000836. The van der Waals surface area contributed by atoms with Crippen molar-refractivity contribution in [3.8, 4) is 0 Å². The summed E-state index contributed by atoms with van der Waals surface area (Å²) in [6.07, 6.45) is 2.22. The van der Waals surface area contributed by atoms with Gasteiger partial charge in [0.25, 0.3) is 0 Å². The fourth-order valence-electron chi connectivity index (χ4n) is 1.67. The molecule has 0 atom stereocenters. The number of nitrogens with zero attached hydrogens (tertiary/aromatic N) is 1. The zero-order valence-corrected chi connectivity index (χ0v) is 9.66. The van der Waals surface area contributed by atoms with Gasteiger partial charge in [0.05, 0.1) is 24.9 Å². The Balaban J connectivity index is 2.71. The van der Waals surface area contributed by atoms with Crippen molar-refractivity contribution in [1.82, 2.24) is 5.43 Å². The normalized spacial score (nSPS) is 20.6. The van der Waals surface area contributed by atoms with Gasteiger partial charge in [-0.1, -0.05) is 13.8 Å². The molecule has 5 heteroatoms. The van der Waals surface area contributed by atoms with Gasteiger partial charge in [0, 0.05) is 12.8 Å². The number of hydrogen-bond donors (Lipinski definition) is 3. The predicted molar refractivity (Wildman–Crippen MR) is 61.3 cm³/mol. The third-order valence-corrected chi connectivity index (χ3v) is 2.40. The molecule has 0 bridgehead atoms. The SMILES string of the molecule is CC1(C)CC(=O)C(/C=N/NCCO)=C(O)C1. The van der Waals surface area contributed by atoms with Crippen molar-refractivity contribution in [1.29, 1.82) is 0 Å². The molecule has 0 saturated heterocycles. The number of allylic oxidation sites excluding steroid dienone is 2. The molecule has 0 saturated carbocycles. The average molecular weight is 226 g/mol. The molecule has 0 aromatic carbocycles. The van der Waals surface area contributed by atoms with Gasteiger partial charge in [-0.3, -0.25) is 4.79 Å². The lowest BCUT2D eigenvalue weighted by molar-refractivity contribution is -0.117. The molecule has 90 valence electrons. The van der Waals surface area contributed by atoms with E-state index < -0.39 is 0 Å². The van der Waals surface area contributed by atoms with E-state index in [-0.39, 0.29) is 29.1 Å². The van der Waals surface area contributed by atoms with Crippen LogP contribution in [0.25, 0.3) is 0 Å². The zero-order chi connectivity index (χ0) is 12.2. The molecule has 0 unspecified atom stereocenters. The van der Waals surface area contributed by atoms with Crippen molar-refractivity contribution in [2.24, 2.45) is 10.5 Å². The molecular weight excluding hydrogens is 208 g/mol. The Labute approximate surface area is 94.9 Å². The summed E-state index contributed by atoms with van der Waals surface area (Å²) in [5, 5.41) is 22.0. The van der Waals surface area contributed by atoms with Gasteiger partial charge in [-0.15, -0.1) is 0 Å². The molecule has 1 aliphatic rings. The van der Waals surface area contributed by atoms with Crippen LogP contribution in [0, 0.1) is 5.41 Å². The van der Waals surface area contributed by atoms with Crippen LogP contribution < -0.4 is 5.43 Å². The lowest BCUT2D eigenvalue weighted by Crippen LogP contribution is -2.26. The first-order valence-corrected chi connectivity index (χ1v) is 5.28. The Hall–Kier alpha value is -1.36. The van der Waals surface area contributed by atoms with Crippen molar-refractivity contribution in [3.63, 3.8) is 0 Å². The van der Waals surface area contributed by atoms with E-state index in [9.17, 15) is 9.90 Å². The highest BCUT2D eigenvalue weighted by Gasteiger charge is 2.32. The van der Waals surface area contributed by atoms with E-state index in [1.54, 1.807) is 0 Å². The second-order valence-corrected chi connectivity index (χ2v) is 4.69. The molecule has 0 aromatic heterocycles. The van der Waals surface area contributed by atoms with E-state index in [0.717, 1.165) is 0 Å². The first-order chi connectivity index (χ1) is 7.46. The Morgan fingerprint density at radius 1 is 1.50 bits per heavy atom. The largest absolute Gasteiger partial charge is 0.511 e. The number of hydrazone groups is 1. The highest BCUT2D eigenvalue weighted by Crippen LogP contribution is 2.34. The van der Waals surface area contributed by atoms with Gasteiger partial charge in [-0.25, -0.2) is 0 Å². The maximum atomic E-state index is 11.7. The van der Waals surface area contributed by atoms with E-state index in [2.05, 4.69) is 10.5 Å². The second-order valence-electron chi connectivity index (χ2n) is 4.69. The molecule has 0 amide bonds. The first kappa shape index (κ1) is 12.7. The molecule has 0 heterocycles. The predicted octanol–water partition coefficient (Wildman–Crippen LogP) is 0.755. The summed E-state index contributed by atoms with van der Waals surface area (Å²) in [4.78, 5) is 11.7. The van der Waals surface area contributed by atoms with Crippen LogP contribution in [-0.4, -0.2) is 35.4 Å². The fraction of sp³-hybridized carbons (Fsp3) is 0.636. The zero-order valence-electron chi connectivity index (χ0n) is 9.66. The number of aliphatic hydroxyl groups is 2. The monoisotopic (exact) mass is 226 g/mol. The minimum Gasteiger partial charge on any atom is -0.511 e. The first-order valence-electron chi connectivity index (χ1n) is 5.28. The topological polar surface area (TPSA) is 81.9 Å². The molecule has 0 aromatic rings. The number of carbonyl (C=O) groups is 1. The Kier molecular flexibility index (Phi) is 4.06. The molecule has 16 heavy (non-hydrogen) atoms. The van der Waals surface area contributed by atoms with Gasteiger partial charge in [-0.2, -0.15) is 5.10 Å². The van der Waals surface area contributed by atoms with Crippen molar-refractivity contribution >= 4 is 12.0 Å². The number of nitrogens with one attached hydrogen (secondary N) is 1. The molecule has 3 N–H and O–H groups in total. The van der Waals surface area contributed by atoms with Gasteiger partial charge in [-0.05, 0) is 5.41 Å². The molecule has 1 rings (SSSR count). The van der Waals surface area contributed by atoms with E-state index in [4.69, 9.17) is 5.11 Å². The fourth-order valence-corrected chi connectivity index (χ4v) is 1.67. The molecule has 0 radical (unpaired) electrons. The smallest absolute Gasteiger partial charge is 0.168 e. The van der Waals surface area contributed by atoms with Crippen molar-refractivity contribution in [2.45, 2.75) is 26.7 Å². The summed E-state index contributed by atoms with van der Waals surface area (Å²) in [5.41, 5.74) is 2.65. The highest BCUT2D eigenvalue weighted by atomic mass is 16.3. The molecule has 0 spiro atoms. The number of aliphatic hydroxyl groups excluding tert-OH is 2. The maximum Gasteiger partial charge on any atom is 0.168 e. The third kappa shape index (κ3) is 3.34. The number of ketones is 1. The lowest BCUT2D eigenvalue weighted by atomic mass is 9.77. The van der Waals surface area contributed by atoms with Gasteiger partial charge >= 0.3 is 0 Å². The minimum absolute atomic E-state index is 0.0245. The van der Waals surface area contributed by atoms with Gasteiger partial charge < -0.3 is 15.6 Å². The number of hydrogen-bond acceptors (Lipinski definition) is 5. The molecule has 0 aliphatic heterocycles. The third-order valence-electron chi connectivity index (χ3n) is 2.40. The number of Topliss-reactive ketones (excluding diaryl/α,β-unsaturated/α-hetero) is 1. The van der Waals surface area contributed by atoms with Crippen LogP contribution in [0.15, 0.2) is 16.4 Å². The van der Waals surface area contributed by atoms with Crippen molar-refractivity contribution in [3.05, 3.63) is 11.3 Å². The number of carbonyl (C=O) groups excluding carboxylic acids is 1. The number of rotatable bonds is 4. The standard InChI is InChI=1S/C11H18N2O3/c1-11(2)5-9(15)8(10(16)6-11)7-13-12-3-4-14/h7,12,14-15H,3-6H2,1-2H3/b13-7+. The quantitative estimate of drug-likeness (QED) is 0.375. The second kappa shape index (κ2) is 5.12. The van der Waals surface area contributed by atoms with Crippen LogP contribution in [0.3, 0.4) is 0 Å². The highest BCUT2D eigenvalue weighted by molar-refractivity contribution is 6.14. The molecular formula is C11H18N2O3. The van der Waals surface area contributed by atoms with Crippen LogP contribution in [0.1, 0.15) is 26.7 Å².